The average Bonchev–Trinajstić information content (AvgIpc) is 2.98. The van der Waals surface area contributed by atoms with Gasteiger partial charge in [0.1, 0.15) is 17.3 Å². The van der Waals surface area contributed by atoms with Crippen molar-refractivity contribution in [3.05, 3.63) is 53.6 Å². The van der Waals surface area contributed by atoms with E-state index in [-0.39, 0.29) is 42.1 Å². The van der Waals surface area contributed by atoms with Crippen LogP contribution >= 0.6 is 0 Å². The number of hydrogen-bond donors (Lipinski definition) is 5. The minimum absolute atomic E-state index is 0.0184. The molecule has 236 valence electrons. The first-order valence-electron chi connectivity index (χ1n) is 14.2. The molecule has 2 aliphatic rings. The summed E-state index contributed by atoms with van der Waals surface area (Å²) in [6.45, 7) is -0.490. The Morgan fingerprint density at radius 1 is 0.955 bits per heavy atom. The van der Waals surface area contributed by atoms with Crippen LogP contribution in [0.25, 0.3) is 0 Å². The molecule has 0 spiro atoms. The molecule has 0 saturated heterocycles. The van der Waals surface area contributed by atoms with Crippen LogP contribution in [0.15, 0.2) is 42.5 Å². The van der Waals surface area contributed by atoms with E-state index in [0.29, 0.717) is 18.9 Å². The van der Waals surface area contributed by atoms with Gasteiger partial charge < -0.3 is 35.9 Å². The topological polar surface area (TPSA) is 169 Å². The van der Waals surface area contributed by atoms with Crippen LogP contribution in [-0.4, -0.2) is 59.2 Å². The predicted molar refractivity (Wildman–Crippen MR) is 158 cm³/mol. The van der Waals surface area contributed by atoms with Crippen molar-refractivity contribution in [1.29, 1.82) is 5.41 Å². The Morgan fingerprint density at radius 3 is 2.34 bits per heavy atom. The number of carbonyl (C=O) groups excluding carboxylic acids is 1. The van der Waals surface area contributed by atoms with Gasteiger partial charge in [0.05, 0.1) is 25.3 Å². The van der Waals surface area contributed by atoms with Gasteiger partial charge in [0.2, 0.25) is 11.9 Å². The number of aromatic nitrogens is 3. The summed E-state index contributed by atoms with van der Waals surface area (Å²) in [5, 5.41) is 15.9. The van der Waals surface area contributed by atoms with Crippen LogP contribution in [-0.2, 0) is 6.54 Å². The molecular weight excluding hydrogens is 581 g/mol. The van der Waals surface area contributed by atoms with E-state index in [1.165, 1.54) is 6.07 Å². The lowest BCUT2D eigenvalue weighted by Crippen LogP contribution is -2.33. The zero-order valence-electron chi connectivity index (χ0n) is 24.0. The molecule has 3 heterocycles. The number of alkyl halides is 3. The third kappa shape index (κ3) is 10.8. The number of rotatable bonds is 5. The normalized spacial score (nSPS) is 14.6. The number of amidine groups is 1. The maximum Gasteiger partial charge on any atom is 0.422 e. The number of nitrogens with one attached hydrogen (secondary N) is 4. The van der Waals surface area contributed by atoms with Gasteiger partial charge in [-0.25, -0.2) is 0 Å². The molecule has 6 bridgehead atoms. The van der Waals surface area contributed by atoms with E-state index >= 15 is 0 Å². The minimum atomic E-state index is -4.60. The van der Waals surface area contributed by atoms with Crippen LogP contribution in [0.4, 0.5) is 30.8 Å². The monoisotopic (exact) mass is 616 g/mol. The van der Waals surface area contributed by atoms with Crippen molar-refractivity contribution in [3.63, 3.8) is 0 Å². The third-order valence-electron chi connectivity index (χ3n) is 6.34. The SMILES string of the molecule is N=C(N)CNC(=O)c1ccc2cc1OCCCCCCCCOc1ccc(cc1)CNc1nc(nc(OCC(F)(F)F)n1)N2. The Labute approximate surface area is 252 Å². The number of hydrogen-bond acceptors (Lipinski definition) is 10. The van der Waals surface area contributed by atoms with Gasteiger partial charge >= 0.3 is 12.2 Å². The maximum atomic E-state index is 12.9. The van der Waals surface area contributed by atoms with E-state index < -0.39 is 24.7 Å². The van der Waals surface area contributed by atoms with Crippen molar-refractivity contribution in [1.82, 2.24) is 20.3 Å². The standard InChI is InChI=1S/C29H35F3N8O4/c30-29(31,32)18-44-28-39-26-36-16-19-7-10-21(11-8-19)42-13-5-3-1-2-4-6-14-43-23-15-20(37-27(38-26)40-28)9-12-22(23)25(41)35-17-24(33)34/h7-12,15H,1-6,13-14,16-18H2,(H3,33,34)(H,35,41)(H2,36,37,38,39,40). The predicted octanol–water partition coefficient (Wildman–Crippen LogP) is 4.95. The largest absolute Gasteiger partial charge is 0.494 e. The molecule has 5 rings (SSSR count). The van der Waals surface area contributed by atoms with Gasteiger partial charge in [-0.15, -0.1) is 0 Å². The number of amides is 1. The third-order valence-corrected chi connectivity index (χ3v) is 6.34. The second-order valence-electron chi connectivity index (χ2n) is 10.0. The zero-order valence-corrected chi connectivity index (χ0v) is 24.0. The molecule has 6 N–H and O–H groups in total. The Hall–Kier alpha value is -4.82. The number of carbonyl (C=O) groups is 1. The molecule has 0 saturated carbocycles. The minimum Gasteiger partial charge on any atom is -0.494 e. The lowest BCUT2D eigenvalue weighted by atomic mass is 10.1. The summed E-state index contributed by atoms with van der Waals surface area (Å²) in [5.41, 5.74) is 6.86. The van der Waals surface area contributed by atoms with Crippen molar-refractivity contribution >= 4 is 29.3 Å². The Balaban J connectivity index is 1.61. The number of fused-ring (bicyclic) bond motifs is 12. The van der Waals surface area contributed by atoms with E-state index in [9.17, 15) is 18.0 Å². The second kappa shape index (κ2) is 15.6. The van der Waals surface area contributed by atoms with Gasteiger partial charge in [-0.2, -0.15) is 28.1 Å². The van der Waals surface area contributed by atoms with Gasteiger partial charge in [-0.05, 0) is 42.7 Å². The smallest absolute Gasteiger partial charge is 0.422 e. The highest BCUT2D eigenvalue weighted by atomic mass is 19.4. The molecule has 0 fully saturated rings. The fourth-order valence-corrected chi connectivity index (χ4v) is 4.18. The number of halogens is 3. The van der Waals surface area contributed by atoms with Crippen LogP contribution in [0, 0.1) is 5.41 Å². The number of benzene rings is 2. The van der Waals surface area contributed by atoms with Gasteiger partial charge in [-0.1, -0.05) is 37.8 Å². The Bertz CT molecular complexity index is 1410. The van der Waals surface area contributed by atoms with E-state index in [4.69, 9.17) is 25.4 Å². The van der Waals surface area contributed by atoms with E-state index in [2.05, 4.69) is 30.9 Å². The summed E-state index contributed by atoms with van der Waals surface area (Å²) in [6.07, 6.45) is 1.16. The quantitative estimate of drug-likeness (QED) is 0.195. The number of ether oxygens (including phenoxy) is 3. The molecule has 0 aliphatic carbocycles. The van der Waals surface area contributed by atoms with Gasteiger partial charge in [0.15, 0.2) is 6.61 Å². The van der Waals surface area contributed by atoms with E-state index in [1.54, 1.807) is 12.1 Å². The van der Waals surface area contributed by atoms with Crippen LogP contribution in [0.2, 0.25) is 0 Å². The summed E-state index contributed by atoms with van der Waals surface area (Å²) >= 11 is 0. The lowest BCUT2D eigenvalue weighted by molar-refractivity contribution is -0.154. The first-order chi connectivity index (χ1) is 21.1. The lowest BCUT2D eigenvalue weighted by Gasteiger charge is -2.15. The first kappa shape index (κ1) is 32.1. The Kier molecular flexibility index (Phi) is 11.4. The number of anilines is 3. The highest BCUT2D eigenvalue weighted by molar-refractivity contribution is 5.99. The van der Waals surface area contributed by atoms with E-state index in [1.807, 2.05) is 24.3 Å². The van der Waals surface area contributed by atoms with Crippen molar-refractivity contribution in [2.45, 2.75) is 51.2 Å². The molecule has 44 heavy (non-hydrogen) atoms. The molecule has 3 aromatic rings. The van der Waals surface area contributed by atoms with Gasteiger partial charge in [-0.3, -0.25) is 10.2 Å². The molecule has 0 atom stereocenters. The van der Waals surface area contributed by atoms with Crippen LogP contribution in [0.5, 0.6) is 17.5 Å². The summed E-state index contributed by atoms with van der Waals surface area (Å²) < 4.78 is 55.2. The Morgan fingerprint density at radius 2 is 1.64 bits per heavy atom. The summed E-state index contributed by atoms with van der Waals surface area (Å²) in [4.78, 5) is 25.0. The van der Waals surface area contributed by atoms with Crippen molar-refractivity contribution in [3.8, 4) is 17.5 Å². The van der Waals surface area contributed by atoms with Gasteiger partial charge in [0.25, 0.3) is 5.91 Å². The highest BCUT2D eigenvalue weighted by Crippen LogP contribution is 2.27. The van der Waals surface area contributed by atoms with Crippen molar-refractivity contribution in [2.24, 2.45) is 5.73 Å². The number of nitrogens with zero attached hydrogens (tertiary/aromatic N) is 3. The molecule has 2 aromatic carbocycles. The highest BCUT2D eigenvalue weighted by Gasteiger charge is 2.29. The summed E-state index contributed by atoms with van der Waals surface area (Å²) in [7, 11) is 0. The summed E-state index contributed by atoms with van der Waals surface area (Å²) in [6, 6.07) is 11.6. The van der Waals surface area contributed by atoms with Crippen LogP contribution in [0.1, 0.15) is 54.4 Å². The van der Waals surface area contributed by atoms with Crippen LogP contribution < -0.4 is 35.9 Å². The molecule has 1 aromatic heterocycles. The fourth-order valence-electron chi connectivity index (χ4n) is 4.18. The molecule has 15 heteroatoms. The summed E-state index contributed by atoms with van der Waals surface area (Å²) in [5.74, 6) is 0.207. The average molecular weight is 617 g/mol. The van der Waals surface area contributed by atoms with Crippen molar-refractivity contribution in [2.75, 3.05) is 37.0 Å². The molecule has 0 radical (unpaired) electrons. The first-order valence-corrected chi connectivity index (χ1v) is 14.2. The zero-order chi connectivity index (χ0) is 31.4. The van der Waals surface area contributed by atoms with Gasteiger partial charge in [0, 0.05) is 18.3 Å². The van der Waals surface area contributed by atoms with Crippen LogP contribution in [0.3, 0.4) is 0 Å². The molecule has 12 nitrogen and oxygen atoms in total. The molecule has 0 unspecified atom stereocenters. The maximum absolute atomic E-state index is 12.9. The second-order valence-corrected chi connectivity index (χ2v) is 10.0. The fraction of sp³-hybridized carbons (Fsp3) is 0.414. The molecule has 2 aliphatic heterocycles. The molecule has 1 amide bonds. The van der Waals surface area contributed by atoms with Crippen molar-refractivity contribution < 1.29 is 32.2 Å². The molecular formula is C29H35F3N8O4. The number of nitrogens with two attached hydrogens (primary N) is 1. The van der Waals surface area contributed by atoms with E-state index in [0.717, 1.165) is 49.8 Å².